The second-order valence-electron chi connectivity index (χ2n) is 4.50. The largest absolute Gasteiger partial charge is 0.478 e. The van der Waals surface area contributed by atoms with Crippen LogP contribution < -0.4 is 11.1 Å². The minimum absolute atomic E-state index is 0.0404. The number of aryl methyl sites for hydroxylation is 1. The highest BCUT2D eigenvalue weighted by Gasteiger charge is 2.16. The van der Waals surface area contributed by atoms with Crippen molar-refractivity contribution in [1.29, 1.82) is 0 Å². The number of nitrogen functional groups attached to an aromatic ring is 1. The molecule has 108 valence electrons. The van der Waals surface area contributed by atoms with Gasteiger partial charge in [0.25, 0.3) is 5.91 Å². The third kappa shape index (κ3) is 3.14. The fraction of sp³-hybridized carbons (Fsp3) is 0.0667. The average molecular weight is 305 g/mol. The zero-order valence-electron chi connectivity index (χ0n) is 11.2. The van der Waals surface area contributed by atoms with Crippen LogP contribution in [0, 0.1) is 6.92 Å². The average Bonchev–Trinajstić information content (AvgIpc) is 2.41. The van der Waals surface area contributed by atoms with Crippen molar-refractivity contribution in [2.75, 3.05) is 11.1 Å². The van der Waals surface area contributed by atoms with Crippen LogP contribution in [0.15, 0.2) is 36.4 Å². The quantitative estimate of drug-likeness (QED) is 0.759. The molecule has 0 aliphatic carbocycles. The Labute approximate surface area is 126 Å². The van der Waals surface area contributed by atoms with Crippen LogP contribution in [-0.4, -0.2) is 17.0 Å². The first-order valence-corrected chi connectivity index (χ1v) is 6.47. The van der Waals surface area contributed by atoms with Gasteiger partial charge in [-0.2, -0.15) is 0 Å². The lowest BCUT2D eigenvalue weighted by molar-refractivity contribution is 0.0698. The summed E-state index contributed by atoms with van der Waals surface area (Å²) in [6.45, 7) is 1.78. The molecule has 6 heteroatoms. The Kier molecular flexibility index (Phi) is 4.14. The van der Waals surface area contributed by atoms with Gasteiger partial charge in [0.15, 0.2) is 0 Å². The molecule has 2 aromatic rings. The van der Waals surface area contributed by atoms with Crippen LogP contribution in [0.1, 0.15) is 26.3 Å². The molecule has 0 spiro atoms. The topological polar surface area (TPSA) is 92.4 Å². The second kappa shape index (κ2) is 5.85. The number of carbonyl (C=O) groups excluding carboxylic acids is 1. The number of carboxylic acid groups (broad SMARTS) is 1. The van der Waals surface area contributed by atoms with E-state index in [0.29, 0.717) is 10.7 Å². The number of amides is 1. The summed E-state index contributed by atoms with van der Waals surface area (Å²) in [5, 5.41) is 12.0. The predicted octanol–water partition coefficient (Wildman–Crippen LogP) is 3.18. The van der Waals surface area contributed by atoms with Gasteiger partial charge >= 0.3 is 5.97 Å². The molecule has 2 aromatic carbocycles. The van der Waals surface area contributed by atoms with E-state index in [1.165, 1.54) is 18.2 Å². The van der Waals surface area contributed by atoms with E-state index >= 15 is 0 Å². The number of anilines is 2. The molecular weight excluding hydrogens is 292 g/mol. The molecule has 0 bridgehead atoms. The van der Waals surface area contributed by atoms with Crippen molar-refractivity contribution >= 4 is 34.9 Å². The maximum atomic E-state index is 12.2. The molecule has 0 unspecified atom stereocenters. The van der Waals surface area contributed by atoms with Crippen LogP contribution >= 0.6 is 11.6 Å². The van der Waals surface area contributed by atoms with E-state index in [2.05, 4.69) is 5.32 Å². The number of benzene rings is 2. The third-order valence-electron chi connectivity index (χ3n) is 2.96. The Morgan fingerprint density at radius 2 is 1.90 bits per heavy atom. The molecule has 0 aliphatic heterocycles. The molecule has 0 aromatic heterocycles. The Morgan fingerprint density at radius 3 is 2.57 bits per heavy atom. The van der Waals surface area contributed by atoms with Crippen LogP contribution in [0.25, 0.3) is 0 Å². The van der Waals surface area contributed by atoms with Crippen LogP contribution in [0.3, 0.4) is 0 Å². The smallest absolute Gasteiger partial charge is 0.337 e. The summed E-state index contributed by atoms with van der Waals surface area (Å²) < 4.78 is 0. The number of halogens is 1. The molecule has 0 aliphatic rings. The zero-order valence-corrected chi connectivity index (χ0v) is 11.9. The number of carboxylic acids is 1. The highest BCUT2D eigenvalue weighted by atomic mass is 35.5. The van der Waals surface area contributed by atoms with Gasteiger partial charge in [0, 0.05) is 5.69 Å². The Bertz CT molecular complexity index is 729. The summed E-state index contributed by atoms with van der Waals surface area (Å²) in [7, 11) is 0. The van der Waals surface area contributed by atoms with Crippen molar-refractivity contribution in [2.45, 2.75) is 6.92 Å². The first-order chi connectivity index (χ1) is 9.90. The van der Waals surface area contributed by atoms with Crippen molar-refractivity contribution in [1.82, 2.24) is 0 Å². The van der Waals surface area contributed by atoms with E-state index in [1.807, 2.05) is 0 Å². The molecule has 5 nitrogen and oxygen atoms in total. The maximum Gasteiger partial charge on any atom is 0.337 e. The summed E-state index contributed by atoms with van der Waals surface area (Å²) >= 11 is 6.09. The summed E-state index contributed by atoms with van der Waals surface area (Å²) in [5.41, 5.74) is 7.10. The first kappa shape index (κ1) is 14.9. The molecule has 0 atom stereocenters. The standard InChI is InChI=1S/C15H13ClN2O3/c1-8-3-2-4-11(13(8)16)14(19)18-12-7-9(17)5-6-10(12)15(20)21/h2-7H,17H2,1H3,(H,18,19)(H,20,21). The molecule has 0 radical (unpaired) electrons. The van der Waals surface area contributed by atoms with Gasteiger partial charge in [-0.3, -0.25) is 4.79 Å². The summed E-state index contributed by atoms with van der Waals surface area (Å²) in [6, 6.07) is 9.24. The summed E-state index contributed by atoms with van der Waals surface area (Å²) in [5.74, 6) is -1.64. The Hall–Kier alpha value is -2.53. The van der Waals surface area contributed by atoms with E-state index in [4.69, 9.17) is 22.4 Å². The van der Waals surface area contributed by atoms with Crippen molar-refractivity contribution in [3.05, 3.63) is 58.1 Å². The minimum atomic E-state index is -1.15. The maximum absolute atomic E-state index is 12.2. The monoisotopic (exact) mass is 304 g/mol. The molecular formula is C15H13ClN2O3. The normalized spacial score (nSPS) is 10.2. The van der Waals surface area contributed by atoms with Gasteiger partial charge < -0.3 is 16.2 Å². The van der Waals surface area contributed by atoms with Gasteiger partial charge in [-0.1, -0.05) is 23.7 Å². The van der Waals surface area contributed by atoms with Crippen LogP contribution in [0.2, 0.25) is 5.02 Å². The molecule has 0 heterocycles. The van der Waals surface area contributed by atoms with Gasteiger partial charge in [-0.25, -0.2) is 4.79 Å². The lowest BCUT2D eigenvalue weighted by Gasteiger charge is -2.11. The summed E-state index contributed by atoms with van der Waals surface area (Å²) in [4.78, 5) is 23.4. The first-order valence-electron chi connectivity index (χ1n) is 6.09. The lowest BCUT2D eigenvalue weighted by atomic mass is 10.1. The second-order valence-corrected chi connectivity index (χ2v) is 4.88. The van der Waals surface area contributed by atoms with Crippen molar-refractivity contribution in [3.8, 4) is 0 Å². The number of rotatable bonds is 3. The SMILES string of the molecule is Cc1cccc(C(=O)Nc2cc(N)ccc2C(=O)O)c1Cl. The third-order valence-corrected chi connectivity index (χ3v) is 3.46. The highest BCUT2D eigenvalue weighted by molar-refractivity contribution is 6.35. The zero-order chi connectivity index (χ0) is 15.6. The summed E-state index contributed by atoms with van der Waals surface area (Å²) in [6.07, 6.45) is 0. The lowest BCUT2D eigenvalue weighted by Crippen LogP contribution is -2.15. The molecule has 1 amide bonds. The molecule has 2 rings (SSSR count). The van der Waals surface area contributed by atoms with Crippen LogP contribution in [0.5, 0.6) is 0 Å². The fourth-order valence-electron chi connectivity index (χ4n) is 1.86. The number of aromatic carboxylic acids is 1. The van der Waals surface area contributed by atoms with Crippen molar-refractivity contribution < 1.29 is 14.7 Å². The van der Waals surface area contributed by atoms with E-state index in [-0.39, 0.29) is 16.8 Å². The van der Waals surface area contributed by atoms with Crippen molar-refractivity contribution in [2.24, 2.45) is 0 Å². The van der Waals surface area contributed by atoms with Gasteiger partial charge in [-0.05, 0) is 36.8 Å². The van der Waals surface area contributed by atoms with Gasteiger partial charge in [0.2, 0.25) is 0 Å². The molecule has 0 saturated carbocycles. The molecule has 0 saturated heterocycles. The van der Waals surface area contributed by atoms with E-state index in [0.717, 1.165) is 5.56 Å². The molecule has 0 fully saturated rings. The van der Waals surface area contributed by atoms with Gasteiger partial charge in [-0.15, -0.1) is 0 Å². The van der Waals surface area contributed by atoms with Crippen LogP contribution in [-0.2, 0) is 0 Å². The fourth-order valence-corrected chi connectivity index (χ4v) is 2.08. The number of hydrogen-bond acceptors (Lipinski definition) is 3. The highest BCUT2D eigenvalue weighted by Crippen LogP contribution is 2.24. The number of nitrogens with two attached hydrogens (primary N) is 1. The van der Waals surface area contributed by atoms with E-state index in [9.17, 15) is 9.59 Å². The van der Waals surface area contributed by atoms with Crippen LogP contribution in [0.4, 0.5) is 11.4 Å². The van der Waals surface area contributed by atoms with Crippen molar-refractivity contribution in [3.63, 3.8) is 0 Å². The Morgan fingerprint density at radius 1 is 1.19 bits per heavy atom. The number of nitrogens with one attached hydrogen (secondary N) is 1. The van der Waals surface area contributed by atoms with Gasteiger partial charge in [0.05, 0.1) is 21.8 Å². The van der Waals surface area contributed by atoms with E-state index < -0.39 is 11.9 Å². The number of carbonyl (C=O) groups is 2. The molecule has 4 N–H and O–H groups in total. The van der Waals surface area contributed by atoms with Gasteiger partial charge in [0.1, 0.15) is 0 Å². The molecule has 21 heavy (non-hydrogen) atoms. The number of hydrogen-bond donors (Lipinski definition) is 3. The Balaban J connectivity index is 2.38. The predicted molar refractivity (Wildman–Crippen MR) is 82.0 cm³/mol. The minimum Gasteiger partial charge on any atom is -0.478 e. The van der Waals surface area contributed by atoms with E-state index in [1.54, 1.807) is 25.1 Å².